The molecule has 0 saturated carbocycles. The van der Waals surface area contributed by atoms with Crippen LogP contribution in [0.25, 0.3) is 0 Å². The zero-order valence-electron chi connectivity index (χ0n) is 14.8. The molecule has 0 aromatic heterocycles. The van der Waals surface area contributed by atoms with Crippen LogP contribution in [0.4, 0.5) is 4.79 Å². The van der Waals surface area contributed by atoms with Crippen LogP contribution in [0.1, 0.15) is 60.3 Å². The molecule has 1 N–H and O–H groups in total. The lowest BCUT2D eigenvalue weighted by Gasteiger charge is -2.29. The van der Waals surface area contributed by atoms with Crippen LogP contribution in [-0.2, 0) is 14.3 Å². The molecule has 2 fully saturated rings. The molecule has 0 radical (unpaired) electrons. The Morgan fingerprint density at radius 2 is 1.96 bits per heavy atom. The predicted octanol–water partition coefficient (Wildman–Crippen LogP) is 3.05. The Hall–Kier alpha value is -1.30. The van der Waals surface area contributed by atoms with E-state index in [4.69, 9.17) is 9.47 Å². The Morgan fingerprint density at radius 3 is 2.43 bits per heavy atom. The highest BCUT2D eigenvalue weighted by Crippen LogP contribution is 2.41. The van der Waals surface area contributed by atoms with Gasteiger partial charge in [-0.3, -0.25) is 4.79 Å². The second-order valence-corrected chi connectivity index (χ2v) is 8.48. The fourth-order valence-electron chi connectivity index (χ4n) is 3.44. The summed E-state index contributed by atoms with van der Waals surface area (Å²) in [6.45, 7) is 10.1. The van der Waals surface area contributed by atoms with Crippen molar-refractivity contribution >= 4 is 12.1 Å². The van der Waals surface area contributed by atoms with E-state index in [1.54, 1.807) is 20.8 Å². The smallest absolute Gasteiger partial charge is 0.410 e. The summed E-state index contributed by atoms with van der Waals surface area (Å²) in [5.41, 5.74) is -1.69. The summed E-state index contributed by atoms with van der Waals surface area (Å²) < 4.78 is 11.3. The van der Waals surface area contributed by atoms with Gasteiger partial charge in [0.05, 0.1) is 17.1 Å². The van der Waals surface area contributed by atoms with Crippen LogP contribution in [0.5, 0.6) is 0 Å². The van der Waals surface area contributed by atoms with Crippen molar-refractivity contribution in [2.75, 3.05) is 13.1 Å². The molecule has 1 amide bonds. The third-order valence-corrected chi connectivity index (χ3v) is 4.63. The first-order chi connectivity index (χ1) is 10.4. The highest BCUT2D eigenvalue weighted by Gasteiger charge is 2.50. The zero-order valence-corrected chi connectivity index (χ0v) is 14.8. The molecule has 2 aliphatic rings. The van der Waals surface area contributed by atoms with Crippen molar-refractivity contribution in [3.8, 4) is 0 Å². The number of amides is 1. The highest BCUT2D eigenvalue weighted by molar-refractivity contribution is 5.78. The number of carbonyl (C=O) groups is 2. The summed E-state index contributed by atoms with van der Waals surface area (Å²) >= 11 is 0. The first kappa shape index (κ1) is 18.0. The van der Waals surface area contributed by atoms with Gasteiger partial charge in [0.2, 0.25) is 0 Å². The van der Waals surface area contributed by atoms with Crippen molar-refractivity contribution in [2.24, 2.45) is 5.41 Å². The number of hydrogen-bond donors (Lipinski definition) is 1. The SMILES string of the molecule is CC(C)(C)OC(=O)N1CCC(CC2CCC(C)(C)O2)(C(=O)O)C1. The van der Waals surface area contributed by atoms with Gasteiger partial charge in [-0.2, -0.15) is 0 Å². The van der Waals surface area contributed by atoms with Crippen LogP contribution < -0.4 is 0 Å². The van der Waals surface area contributed by atoms with Gasteiger partial charge in [-0.15, -0.1) is 0 Å². The average molecular weight is 327 g/mol. The molecular weight excluding hydrogens is 298 g/mol. The second-order valence-electron chi connectivity index (χ2n) is 8.48. The minimum absolute atomic E-state index is 0.0558. The second kappa shape index (κ2) is 5.96. The molecule has 2 heterocycles. The van der Waals surface area contributed by atoms with Gasteiger partial charge in [0, 0.05) is 13.1 Å². The first-order valence-electron chi connectivity index (χ1n) is 8.32. The van der Waals surface area contributed by atoms with E-state index < -0.39 is 23.1 Å². The van der Waals surface area contributed by atoms with Gasteiger partial charge in [-0.1, -0.05) is 0 Å². The monoisotopic (exact) mass is 327 g/mol. The van der Waals surface area contributed by atoms with Crippen LogP contribution in [0.2, 0.25) is 0 Å². The normalized spacial score (nSPS) is 30.5. The van der Waals surface area contributed by atoms with E-state index in [1.165, 1.54) is 4.90 Å². The van der Waals surface area contributed by atoms with Crippen molar-refractivity contribution in [3.05, 3.63) is 0 Å². The maximum atomic E-state index is 12.2. The Bertz CT molecular complexity index is 482. The summed E-state index contributed by atoms with van der Waals surface area (Å²) in [5, 5.41) is 9.75. The molecule has 23 heavy (non-hydrogen) atoms. The average Bonchev–Trinajstić information content (AvgIpc) is 2.92. The lowest BCUT2D eigenvalue weighted by molar-refractivity contribution is -0.151. The number of carbonyl (C=O) groups excluding carboxylic acids is 1. The number of aliphatic carboxylic acids is 1. The lowest BCUT2D eigenvalue weighted by Crippen LogP contribution is -2.41. The Morgan fingerprint density at radius 1 is 1.30 bits per heavy atom. The largest absolute Gasteiger partial charge is 0.481 e. The zero-order chi connectivity index (χ0) is 17.5. The summed E-state index contributed by atoms with van der Waals surface area (Å²) in [4.78, 5) is 25.6. The van der Waals surface area contributed by atoms with E-state index in [0.717, 1.165) is 12.8 Å². The van der Waals surface area contributed by atoms with Crippen LogP contribution in [0, 0.1) is 5.41 Å². The number of carboxylic acid groups (broad SMARTS) is 1. The standard InChI is InChI=1S/C17H29NO5/c1-15(2,3)23-14(21)18-9-8-17(11-18,13(19)20)10-12-6-7-16(4,5)22-12/h12H,6-11H2,1-5H3,(H,19,20). The summed E-state index contributed by atoms with van der Waals surface area (Å²) in [7, 11) is 0. The number of rotatable bonds is 3. The molecule has 0 aromatic carbocycles. The molecule has 2 aliphatic heterocycles. The number of likely N-dealkylation sites (tertiary alicyclic amines) is 1. The van der Waals surface area contributed by atoms with E-state index in [9.17, 15) is 14.7 Å². The third-order valence-electron chi connectivity index (χ3n) is 4.63. The fourth-order valence-corrected chi connectivity index (χ4v) is 3.44. The number of carboxylic acids is 1. The molecule has 6 heteroatoms. The van der Waals surface area contributed by atoms with Gasteiger partial charge in [0.15, 0.2) is 0 Å². The topological polar surface area (TPSA) is 76.1 Å². The molecular formula is C17H29NO5. The maximum Gasteiger partial charge on any atom is 0.410 e. The van der Waals surface area contributed by atoms with Gasteiger partial charge >= 0.3 is 12.1 Å². The quantitative estimate of drug-likeness (QED) is 0.862. The summed E-state index contributed by atoms with van der Waals surface area (Å²) in [6.07, 6.45) is 2.21. The predicted molar refractivity (Wildman–Crippen MR) is 85.3 cm³/mol. The number of nitrogens with zero attached hydrogens (tertiary/aromatic N) is 1. The van der Waals surface area contributed by atoms with Crippen molar-refractivity contribution in [1.29, 1.82) is 0 Å². The number of ether oxygens (including phenoxy) is 2. The van der Waals surface area contributed by atoms with E-state index >= 15 is 0 Å². The van der Waals surface area contributed by atoms with Gasteiger partial charge in [-0.05, 0) is 60.3 Å². The van der Waals surface area contributed by atoms with Crippen molar-refractivity contribution < 1.29 is 24.2 Å². The van der Waals surface area contributed by atoms with Crippen LogP contribution in [-0.4, -0.2) is 52.5 Å². The van der Waals surface area contributed by atoms with Crippen molar-refractivity contribution in [2.45, 2.75) is 77.6 Å². The number of hydrogen-bond acceptors (Lipinski definition) is 4. The Balaban J connectivity index is 2.03. The molecule has 2 rings (SSSR count). The van der Waals surface area contributed by atoms with Gasteiger partial charge < -0.3 is 19.5 Å². The third kappa shape index (κ3) is 4.37. The van der Waals surface area contributed by atoms with Gasteiger partial charge in [0.25, 0.3) is 0 Å². The molecule has 2 unspecified atom stereocenters. The van der Waals surface area contributed by atoms with Crippen molar-refractivity contribution in [1.82, 2.24) is 4.90 Å². The maximum absolute atomic E-state index is 12.2. The van der Waals surface area contributed by atoms with E-state index in [1.807, 2.05) is 13.8 Å². The molecule has 2 saturated heterocycles. The molecule has 0 aliphatic carbocycles. The molecule has 132 valence electrons. The molecule has 0 aromatic rings. The van der Waals surface area contributed by atoms with Crippen LogP contribution in [0.15, 0.2) is 0 Å². The van der Waals surface area contributed by atoms with Gasteiger partial charge in [0.1, 0.15) is 5.60 Å². The minimum Gasteiger partial charge on any atom is -0.481 e. The Kier molecular flexibility index (Phi) is 4.68. The van der Waals surface area contributed by atoms with Crippen molar-refractivity contribution in [3.63, 3.8) is 0 Å². The molecule has 0 spiro atoms. The van der Waals surface area contributed by atoms with Gasteiger partial charge in [-0.25, -0.2) is 4.79 Å². The van der Waals surface area contributed by atoms with E-state index in [2.05, 4.69) is 0 Å². The minimum atomic E-state index is -0.929. The summed E-state index contributed by atoms with van der Waals surface area (Å²) in [6, 6.07) is 0. The summed E-state index contributed by atoms with van der Waals surface area (Å²) in [5.74, 6) is -0.850. The lowest BCUT2D eigenvalue weighted by atomic mass is 9.81. The fraction of sp³-hybridized carbons (Fsp3) is 0.882. The first-order valence-corrected chi connectivity index (χ1v) is 8.32. The molecule has 6 nitrogen and oxygen atoms in total. The highest BCUT2D eigenvalue weighted by atomic mass is 16.6. The molecule has 0 bridgehead atoms. The molecule has 2 atom stereocenters. The van der Waals surface area contributed by atoms with Crippen LogP contribution in [0.3, 0.4) is 0 Å². The Labute approximate surface area is 138 Å². The van der Waals surface area contributed by atoms with Crippen LogP contribution >= 0.6 is 0 Å². The van der Waals surface area contributed by atoms with E-state index in [-0.39, 0.29) is 18.2 Å². The van der Waals surface area contributed by atoms with E-state index in [0.29, 0.717) is 19.4 Å².